The first-order valence-corrected chi connectivity index (χ1v) is 12.0. The van der Waals surface area contributed by atoms with Gasteiger partial charge in [-0.3, -0.25) is 9.59 Å². The average Bonchev–Trinajstić information content (AvgIpc) is 3.34. The first kappa shape index (κ1) is 21.9. The second-order valence-corrected chi connectivity index (χ2v) is 9.15. The lowest BCUT2D eigenvalue weighted by Crippen LogP contribution is -2.51. The average molecular weight is 445 g/mol. The zero-order chi connectivity index (χ0) is 21.6. The lowest BCUT2D eigenvalue weighted by molar-refractivity contribution is -0.127. The monoisotopic (exact) mass is 444 g/mol. The molecule has 1 aromatic carbocycles. The molecule has 1 N–H and O–H groups in total. The predicted molar refractivity (Wildman–Crippen MR) is 117 cm³/mol. The molecule has 1 atom stereocenters. The van der Waals surface area contributed by atoms with Crippen LogP contribution in [0, 0.1) is 5.82 Å². The highest BCUT2D eigenvalue weighted by molar-refractivity contribution is 6.99. The summed E-state index contributed by atoms with van der Waals surface area (Å²) in [4.78, 5) is 28.9. The minimum absolute atomic E-state index is 0.0601. The van der Waals surface area contributed by atoms with Gasteiger partial charge in [-0.2, -0.15) is 8.75 Å². The molecule has 8 heteroatoms. The van der Waals surface area contributed by atoms with E-state index in [-0.39, 0.29) is 35.4 Å². The smallest absolute Gasteiger partial charge is 0.276 e. The van der Waals surface area contributed by atoms with Crippen molar-refractivity contribution in [3.05, 3.63) is 47.5 Å². The SMILES string of the molecule is O=C(NC1CCCCC1)C(c1ccc(F)cc1)N(C(=O)c1cnsn1)C1CCCCC1. The van der Waals surface area contributed by atoms with E-state index in [0.29, 0.717) is 5.56 Å². The molecule has 0 spiro atoms. The molecule has 4 rings (SSSR count). The minimum Gasteiger partial charge on any atom is -0.351 e. The van der Waals surface area contributed by atoms with Gasteiger partial charge in [-0.25, -0.2) is 4.39 Å². The van der Waals surface area contributed by atoms with Crippen LogP contribution < -0.4 is 5.32 Å². The van der Waals surface area contributed by atoms with Crippen LogP contribution in [0.25, 0.3) is 0 Å². The summed E-state index contributed by atoms with van der Waals surface area (Å²) in [6.45, 7) is 0. The molecular formula is C23H29FN4O2S. The normalized spacial score (nSPS) is 19.0. The summed E-state index contributed by atoms with van der Waals surface area (Å²) < 4.78 is 21.8. The largest absolute Gasteiger partial charge is 0.351 e. The molecule has 1 heterocycles. The van der Waals surface area contributed by atoms with E-state index in [1.165, 1.54) is 24.8 Å². The van der Waals surface area contributed by atoms with Gasteiger partial charge in [0.15, 0.2) is 5.69 Å². The number of halogens is 1. The number of benzene rings is 1. The molecule has 0 saturated heterocycles. The van der Waals surface area contributed by atoms with Crippen molar-refractivity contribution >= 4 is 23.5 Å². The standard InChI is InChI=1S/C23H29FN4O2S/c24-17-13-11-16(12-14-17)21(22(29)26-18-7-3-1-4-8-18)28(19-9-5-2-6-10-19)23(30)20-15-25-31-27-20/h11-15,18-19,21H,1-10H2,(H,26,29). The van der Waals surface area contributed by atoms with Crippen LogP contribution in [-0.2, 0) is 4.79 Å². The Morgan fingerprint density at radius 1 is 1.00 bits per heavy atom. The summed E-state index contributed by atoms with van der Waals surface area (Å²) in [6, 6.07) is 5.17. The fraction of sp³-hybridized carbons (Fsp3) is 0.565. The summed E-state index contributed by atoms with van der Waals surface area (Å²) >= 11 is 0.981. The van der Waals surface area contributed by atoms with E-state index in [1.54, 1.807) is 17.0 Å². The Labute approximate surface area is 186 Å². The number of hydrogen-bond donors (Lipinski definition) is 1. The molecule has 166 valence electrons. The van der Waals surface area contributed by atoms with E-state index in [9.17, 15) is 14.0 Å². The van der Waals surface area contributed by atoms with Gasteiger partial charge in [0.2, 0.25) is 5.91 Å². The number of carbonyl (C=O) groups is 2. The minimum atomic E-state index is -0.820. The molecule has 6 nitrogen and oxygen atoms in total. The van der Waals surface area contributed by atoms with Gasteiger partial charge in [-0.05, 0) is 43.4 Å². The van der Waals surface area contributed by atoms with Crippen molar-refractivity contribution in [2.24, 2.45) is 0 Å². The first-order chi connectivity index (χ1) is 15.1. The second-order valence-electron chi connectivity index (χ2n) is 8.59. The summed E-state index contributed by atoms with van der Waals surface area (Å²) in [6.07, 6.45) is 11.6. The van der Waals surface area contributed by atoms with Crippen LogP contribution in [0.15, 0.2) is 30.5 Å². The maximum Gasteiger partial charge on any atom is 0.276 e. The molecule has 2 aliphatic carbocycles. The quantitative estimate of drug-likeness (QED) is 0.704. The van der Waals surface area contributed by atoms with Crippen LogP contribution in [0.2, 0.25) is 0 Å². The van der Waals surface area contributed by atoms with Crippen LogP contribution in [-0.4, -0.2) is 37.5 Å². The molecule has 2 amide bonds. The number of hydrogen-bond acceptors (Lipinski definition) is 5. The van der Waals surface area contributed by atoms with Crippen molar-refractivity contribution in [2.75, 3.05) is 0 Å². The van der Waals surface area contributed by atoms with Gasteiger partial charge in [0.25, 0.3) is 5.91 Å². The van der Waals surface area contributed by atoms with Gasteiger partial charge in [-0.15, -0.1) is 0 Å². The Hall–Kier alpha value is -2.35. The summed E-state index contributed by atoms with van der Waals surface area (Å²) in [5, 5.41) is 3.19. The molecule has 0 radical (unpaired) electrons. The van der Waals surface area contributed by atoms with E-state index in [0.717, 1.165) is 69.5 Å². The van der Waals surface area contributed by atoms with Gasteiger partial charge < -0.3 is 10.2 Å². The Morgan fingerprint density at radius 3 is 2.26 bits per heavy atom. The third-order valence-corrected chi connectivity index (χ3v) is 6.92. The highest BCUT2D eigenvalue weighted by Crippen LogP contribution is 2.33. The molecule has 0 aliphatic heterocycles. The zero-order valence-electron chi connectivity index (χ0n) is 17.6. The lowest BCUT2D eigenvalue weighted by Gasteiger charge is -2.40. The van der Waals surface area contributed by atoms with Crippen molar-refractivity contribution in [3.63, 3.8) is 0 Å². The van der Waals surface area contributed by atoms with Crippen molar-refractivity contribution in [1.82, 2.24) is 19.0 Å². The highest BCUT2D eigenvalue weighted by atomic mass is 32.1. The Balaban J connectivity index is 1.70. The topological polar surface area (TPSA) is 75.2 Å². The molecule has 2 saturated carbocycles. The molecule has 1 aromatic heterocycles. The lowest BCUT2D eigenvalue weighted by atomic mass is 9.90. The zero-order valence-corrected chi connectivity index (χ0v) is 18.5. The molecule has 1 unspecified atom stereocenters. The number of nitrogens with zero attached hydrogens (tertiary/aromatic N) is 3. The Morgan fingerprint density at radius 2 is 1.65 bits per heavy atom. The van der Waals surface area contributed by atoms with Crippen molar-refractivity contribution in [1.29, 1.82) is 0 Å². The number of rotatable bonds is 6. The van der Waals surface area contributed by atoms with Gasteiger partial charge >= 0.3 is 0 Å². The van der Waals surface area contributed by atoms with Crippen LogP contribution >= 0.6 is 11.7 Å². The van der Waals surface area contributed by atoms with E-state index in [2.05, 4.69) is 14.1 Å². The predicted octanol–water partition coefficient (Wildman–Crippen LogP) is 4.64. The fourth-order valence-corrected chi connectivity index (χ4v) is 5.26. The first-order valence-electron chi connectivity index (χ1n) is 11.3. The van der Waals surface area contributed by atoms with E-state index < -0.39 is 6.04 Å². The number of nitrogens with one attached hydrogen (secondary N) is 1. The van der Waals surface area contributed by atoms with E-state index >= 15 is 0 Å². The molecule has 2 aliphatic rings. The van der Waals surface area contributed by atoms with Gasteiger partial charge in [0.1, 0.15) is 11.9 Å². The van der Waals surface area contributed by atoms with Gasteiger partial charge in [0, 0.05) is 12.1 Å². The Bertz CT molecular complexity index is 862. The maximum absolute atomic E-state index is 13.7. The molecule has 2 aromatic rings. The van der Waals surface area contributed by atoms with E-state index in [4.69, 9.17) is 0 Å². The van der Waals surface area contributed by atoms with Crippen LogP contribution in [0.5, 0.6) is 0 Å². The highest BCUT2D eigenvalue weighted by Gasteiger charge is 2.38. The Kier molecular flexibility index (Phi) is 7.27. The third kappa shape index (κ3) is 5.29. The molecule has 0 bridgehead atoms. The fourth-order valence-electron chi connectivity index (χ4n) is 4.85. The van der Waals surface area contributed by atoms with Crippen LogP contribution in [0.1, 0.15) is 86.3 Å². The van der Waals surface area contributed by atoms with Crippen molar-refractivity contribution in [3.8, 4) is 0 Å². The third-order valence-electron chi connectivity index (χ3n) is 6.45. The summed E-state index contributed by atoms with van der Waals surface area (Å²) in [5.41, 5.74) is 0.880. The van der Waals surface area contributed by atoms with Crippen LogP contribution in [0.4, 0.5) is 4.39 Å². The molecular weight excluding hydrogens is 415 g/mol. The van der Waals surface area contributed by atoms with Crippen LogP contribution in [0.3, 0.4) is 0 Å². The second kappa shape index (κ2) is 10.3. The number of carbonyl (C=O) groups excluding carboxylic acids is 2. The molecule has 2 fully saturated rings. The van der Waals surface area contributed by atoms with Crippen molar-refractivity contribution < 1.29 is 14.0 Å². The van der Waals surface area contributed by atoms with Gasteiger partial charge in [-0.1, -0.05) is 50.7 Å². The summed E-state index contributed by atoms with van der Waals surface area (Å²) in [5.74, 6) is -0.844. The van der Waals surface area contributed by atoms with Gasteiger partial charge in [0.05, 0.1) is 17.9 Å². The van der Waals surface area contributed by atoms with E-state index in [1.807, 2.05) is 0 Å². The summed E-state index contributed by atoms with van der Waals surface area (Å²) in [7, 11) is 0. The number of aromatic nitrogens is 2. The molecule has 31 heavy (non-hydrogen) atoms. The number of amides is 2. The van der Waals surface area contributed by atoms with Crippen molar-refractivity contribution in [2.45, 2.75) is 82.3 Å². The maximum atomic E-state index is 13.7.